The number of nitrogens with one attached hydrogen (secondary N) is 1. The summed E-state index contributed by atoms with van der Waals surface area (Å²) in [5.41, 5.74) is 0. The van der Waals surface area contributed by atoms with Gasteiger partial charge < -0.3 is 14.8 Å². The highest BCUT2D eigenvalue weighted by molar-refractivity contribution is 4.83. The van der Waals surface area contributed by atoms with Gasteiger partial charge >= 0.3 is 0 Å². The summed E-state index contributed by atoms with van der Waals surface area (Å²) in [4.78, 5) is 0. The number of methoxy groups -OCH3 is 1. The van der Waals surface area contributed by atoms with Crippen molar-refractivity contribution in [2.45, 2.75) is 38.3 Å². The molecule has 1 rings (SSSR count). The number of rotatable bonds is 6. The van der Waals surface area contributed by atoms with Crippen LogP contribution in [0.3, 0.4) is 0 Å². The van der Waals surface area contributed by atoms with Crippen LogP contribution < -0.4 is 5.32 Å². The lowest BCUT2D eigenvalue weighted by Crippen LogP contribution is -2.38. The topological polar surface area (TPSA) is 30.5 Å². The minimum absolute atomic E-state index is 0.418. The fourth-order valence-corrected chi connectivity index (χ4v) is 1.90. The third kappa shape index (κ3) is 3.63. The Morgan fingerprint density at radius 1 is 1.38 bits per heavy atom. The Kier molecular flexibility index (Phi) is 5.35. The van der Waals surface area contributed by atoms with Gasteiger partial charge in [0.05, 0.1) is 12.7 Å². The molecule has 1 aliphatic carbocycles. The maximum Gasteiger partial charge on any atom is 0.0724 e. The maximum absolute atomic E-state index is 5.38. The first-order valence-corrected chi connectivity index (χ1v) is 5.22. The highest BCUT2D eigenvalue weighted by atomic mass is 16.5. The van der Waals surface area contributed by atoms with Crippen molar-refractivity contribution >= 4 is 0 Å². The van der Waals surface area contributed by atoms with Gasteiger partial charge in [-0.2, -0.15) is 0 Å². The summed E-state index contributed by atoms with van der Waals surface area (Å²) in [6.45, 7) is 4.58. The molecule has 0 radical (unpaired) electrons. The quantitative estimate of drug-likeness (QED) is 0.633. The van der Waals surface area contributed by atoms with Crippen LogP contribution in [-0.2, 0) is 9.47 Å². The minimum Gasteiger partial charge on any atom is -0.380 e. The smallest absolute Gasteiger partial charge is 0.0724 e. The minimum atomic E-state index is 0.418. The lowest BCUT2D eigenvalue weighted by Gasteiger charge is -2.19. The van der Waals surface area contributed by atoms with Crippen LogP contribution in [0.1, 0.15) is 26.2 Å². The van der Waals surface area contributed by atoms with Gasteiger partial charge in [0.1, 0.15) is 0 Å². The van der Waals surface area contributed by atoms with E-state index in [9.17, 15) is 0 Å². The van der Waals surface area contributed by atoms with Crippen molar-refractivity contribution in [3.05, 3.63) is 0 Å². The molecule has 13 heavy (non-hydrogen) atoms. The monoisotopic (exact) mass is 187 g/mol. The average molecular weight is 187 g/mol. The molecule has 1 aliphatic rings. The zero-order valence-electron chi connectivity index (χ0n) is 8.71. The molecule has 0 heterocycles. The zero-order valence-corrected chi connectivity index (χ0v) is 8.71. The van der Waals surface area contributed by atoms with Crippen molar-refractivity contribution in [2.75, 3.05) is 26.9 Å². The van der Waals surface area contributed by atoms with Crippen molar-refractivity contribution < 1.29 is 9.47 Å². The molecule has 2 atom stereocenters. The molecule has 0 aromatic heterocycles. The van der Waals surface area contributed by atoms with E-state index in [0.717, 1.165) is 19.8 Å². The molecule has 2 unspecified atom stereocenters. The third-order valence-corrected chi connectivity index (χ3v) is 2.61. The SMILES string of the molecule is CCOCCNC1CCCC1OC. The summed E-state index contributed by atoms with van der Waals surface area (Å²) < 4.78 is 10.6. The third-order valence-electron chi connectivity index (χ3n) is 2.61. The molecule has 0 bridgehead atoms. The standard InChI is InChI=1S/C10H21NO2/c1-3-13-8-7-11-9-5-4-6-10(9)12-2/h9-11H,3-8H2,1-2H3. The summed E-state index contributed by atoms with van der Waals surface area (Å²) in [5, 5.41) is 3.47. The summed E-state index contributed by atoms with van der Waals surface area (Å²) in [6, 6.07) is 0.547. The molecule has 1 fully saturated rings. The molecule has 3 nitrogen and oxygen atoms in total. The number of ether oxygens (including phenoxy) is 2. The van der Waals surface area contributed by atoms with Gasteiger partial charge in [-0.25, -0.2) is 0 Å². The molecule has 0 aromatic rings. The number of hydrogen-bond donors (Lipinski definition) is 1. The second-order valence-corrected chi connectivity index (χ2v) is 3.46. The molecule has 1 saturated carbocycles. The second kappa shape index (κ2) is 6.35. The van der Waals surface area contributed by atoms with E-state index in [1.807, 2.05) is 6.92 Å². The fourth-order valence-electron chi connectivity index (χ4n) is 1.90. The largest absolute Gasteiger partial charge is 0.380 e. The molecule has 0 aromatic carbocycles. The predicted octanol–water partition coefficient (Wildman–Crippen LogP) is 1.18. The van der Waals surface area contributed by atoms with Crippen LogP contribution in [0.25, 0.3) is 0 Å². The van der Waals surface area contributed by atoms with E-state index in [1.54, 1.807) is 7.11 Å². The second-order valence-electron chi connectivity index (χ2n) is 3.46. The molecule has 0 aliphatic heterocycles. The predicted molar refractivity (Wildman–Crippen MR) is 52.9 cm³/mol. The molecule has 0 saturated heterocycles. The Labute approximate surface area is 80.8 Å². The molecule has 78 valence electrons. The highest BCUT2D eigenvalue weighted by Crippen LogP contribution is 2.21. The van der Waals surface area contributed by atoms with Crippen LogP contribution in [0, 0.1) is 0 Å². The van der Waals surface area contributed by atoms with E-state index in [2.05, 4.69) is 5.32 Å². The Bertz CT molecular complexity index is 130. The van der Waals surface area contributed by atoms with E-state index >= 15 is 0 Å². The van der Waals surface area contributed by atoms with E-state index in [-0.39, 0.29) is 0 Å². The van der Waals surface area contributed by atoms with Gasteiger partial charge in [0.25, 0.3) is 0 Å². The summed E-state index contributed by atoms with van der Waals surface area (Å²) in [6.07, 6.45) is 4.14. The van der Waals surface area contributed by atoms with Crippen molar-refractivity contribution in [3.63, 3.8) is 0 Å². The van der Waals surface area contributed by atoms with Crippen LogP contribution in [0.5, 0.6) is 0 Å². The van der Waals surface area contributed by atoms with E-state index < -0.39 is 0 Å². The normalized spacial score (nSPS) is 28.2. The Morgan fingerprint density at radius 3 is 2.92 bits per heavy atom. The molecule has 3 heteroatoms. The van der Waals surface area contributed by atoms with Crippen LogP contribution in [0.2, 0.25) is 0 Å². The highest BCUT2D eigenvalue weighted by Gasteiger charge is 2.25. The Balaban J connectivity index is 2.06. The van der Waals surface area contributed by atoms with Crippen LogP contribution >= 0.6 is 0 Å². The lowest BCUT2D eigenvalue weighted by atomic mass is 10.2. The molecule has 0 spiro atoms. The van der Waals surface area contributed by atoms with Crippen molar-refractivity contribution in [2.24, 2.45) is 0 Å². The summed E-state index contributed by atoms with van der Waals surface area (Å²) in [5.74, 6) is 0. The Hall–Kier alpha value is -0.120. The first kappa shape index (κ1) is 11.0. The van der Waals surface area contributed by atoms with Crippen LogP contribution in [-0.4, -0.2) is 39.0 Å². The first-order valence-electron chi connectivity index (χ1n) is 5.22. The first-order chi connectivity index (χ1) is 6.38. The van der Waals surface area contributed by atoms with Crippen LogP contribution in [0.4, 0.5) is 0 Å². The van der Waals surface area contributed by atoms with E-state index in [1.165, 1.54) is 19.3 Å². The van der Waals surface area contributed by atoms with Gasteiger partial charge in [-0.05, 0) is 26.2 Å². The maximum atomic E-state index is 5.38. The summed E-state index contributed by atoms with van der Waals surface area (Å²) in [7, 11) is 1.80. The van der Waals surface area contributed by atoms with Gasteiger partial charge in [0.2, 0.25) is 0 Å². The molecular formula is C10H21NO2. The number of hydrogen-bond acceptors (Lipinski definition) is 3. The summed E-state index contributed by atoms with van der Waals surface area (Å²) >= 11 is 0. The van der Waals surface area contributed by atoms with Gasteiger partial charge in [0, 0.05) is 26.3 Å². The molecule has 0 amide bonds. The lowest BCUT2D eigenvalue weighted by molar-refractivity contribution is 0.0795. The van der Waals surface area contributed by atoms with E-state index in [0.29, 0.717) is 12.1 Å². The van der Waals surface area contributed by atoms with Crippen molar-refractivity contribution in [1.29, 1.82) is 0 Å². The van der Waals surface area contributed by atoms with E-state index in [4.69, 9.17) is 9.47 Å². The van der Waals surface area contributed by atoms with Crippen molar-refractivity contribution in [3.8, 4) is 0 Å². The Morgan fingerprint density at radius 2 is 2.23 bits per heavy atom. The van der Waals surface area contributed by atoms with Gasteiger partial charge in [-0.1, -0.05) is 0 Å². The van der Waals surface area contributed by atoms with Gasteiger partial charge in [-0.15, -0.1) is 0 Å². The molecular weight excluding hydrogens is 166 g/mol. The van der Waals surface area contributed by atoms with Crippen LogP contribution in [0.15, 0.2) is 0 Å². The van der Waals surface area contributed by atoms with Gasteiger partial charge in [-0.3, -0.25) is 0 Å². The van der Waals surface area contributed by atoms with Gasteiger partial charge in [0.15, 0.2) is 0 Å². The van der Waals surface area contributed by atoms with Crippen molar-refractivity contribution in [1.82, 2.24) is 5.32 Å². The molecule has 1 N–H and O–H groups in total. The average Bonchev–Trinajstić information content (AvgIpc) is 2.60. The fraction of sp³-hybridized carbons (Fsp3) is 1.00. The zero-order chi connectivity index (χ0) is 9.52.